The summed E-state index contributed by atoms with van der Waals surface area (Å²) < 4.78 is 0. The number of hydrogen-bond acceptors (Lipinski definition) is 2. The molecule has 2 aliphatic carbocycles. The summed E-state index contributed by atoms with van der Waals surface area (Å²) in [6, 6.07) is 10.1. The molecule has 2 fully saturated rings. The third kappa shape index (κ3) is 3.11. The van der Waals surface area contributed by atoms with Crippen molar-refractivity contribution >= 4 is 11.4 Å². The highest BCUT2D eigenvalue weighted by Gasteiger charge is 2.28. The topological polar surface area (TPSA) is 29.3 Å². The summed E-state index contributed by atoms with van der Waals surface area (Å²) in [5.41, 5.74) is 8.30. The van der Waals surface area contributed by atoms with Crippen molar-refractivity contribution < 1.29 is 0 Å². The van der Waals surface area contributed by atoms with Gasteiger partial charge >= 0.3 is 0 Å². The molecule has 0 spiro atoms. The highest BCUT2D eigenvalue weighted by molar-refractivity contribution is 5.57. The van der Waals surface area contributed by atoms with Crippen molar-refractivity contribution in [3.8, 4) is 0 Å². The first kappa shape index (κ1) is 13.8. The van der Waals surface area contributed by atoms with Gasteiger partial charge in [-0.25, -0.2) is 0 Å². The maximum absolute atomic E-state index is 6.03. The Morgan fingerprint density at radius 3 is 1.85 bits per heavy atom. The molecule has 0 saturated heterocycles. The number of nitrogens with two attached hydrogens (primary N) is 1. The smallest absolute Gasteiger partial charge is 0.0391 e. The van der Waals surface area contributed by atoms with Crippen LogP contribution in [0.4, 0.5) is 11.4 Å². The van der Waals surface area contributed by atoms with Gasteiger partial charge < -0.3 is 10.6 Å². The van der Waals surface area contributed by atoms with Crippen molar-refractivity contribution in [3.05, 3.63) is 24.3 Å². The molecule has 0 aromatic heterocycles. The lowest BCUT2D eigenvalue weighted by Gasteiger charge is -2.43. The van der Waals surface area contributed by atoms with Gasteiger partial charge in [0.15, 0.2) is 0 Å². The zero-order valence-corrected chi connectivity index (χ0v) is 12.6. The van der Waals surface area contributed by atoms with Gasteiger partial charge in [0, 0.05) is 23.5 Å². The number of nitrogens with zero attached hydrogens (tertiary/aromatic N) is 1. The van der Waals surface area contributed by atoms with E-state index in [-0.39, 0.29) is 0 Å². The van der Waals surface area contributed by atoms with Crippen molar-refractivity contribution in [2.24, 2.45) is 0 Å². The molecular formula is C18H28N2. The second-order valence-electron chi connectivity index (χ2n) is 6.59. The van der Waals surface area contributed by atoms with Gasteiger partial charge in [0.2, 0.25) is 0 Å². The Balaban J connectivity index is 1.85. The molecule has 0 heterocycles. The summed E-state index contributed by atoms with van der Waals surface area (Å²) in [5, 5.41) is 0. The van der Waals surface area contributed by atoms with Crippen LogP contribution in [0.25, 0.3) is 0 Å². The number of hydrogen-bond donors (Lipinski definition) is 1. The lowest BCUT2D eigenvalue weighted by atomic mass is 9.88. The van der Waals surface area contributed by atoms with Crippen LogP contribution in [-0.4, -0.2) is 12.1 Å². The fraction of sp³-hybridized carbons (Fsp3) is 0.667. The Labute approximate surface area is 123 Å². The summed E-state index contributed by atoms with van der Waals surface area (Å²) in [6.45, 7) is 0. The Morgan fingerprint density at radius 2 is 1.35 bits per heavy atom. The molecule has 1 aromatic carbocycles. The van der Waals surface area contributed by atoms with Gasteiger partial charge in [0.25, 0.3) is 0 Å². The van der Waals surface area contributed by atoms with Gasteiger partial charge in [0.05, 0.1) is 0 Å². The van der Waals surface area contributed by atoms with E-state index in [2.05, 4.69) is 23.1 Å². The molecule has 0 radical (unpaired) electrons. The lowest BCUT2D eigenvalue weighted by Crippen LogP contribution is -2.45. The minimum absolute atomic E-state index is 0.744. The maximum atomic E-state index is 6.03. The van der Waals surface area contributed by atoms with Gasteiger partial charge in [-0.15, -0.1) is 0 Å². The Hall–Kier alpha value is -1.18. The average molecular weight is 272 g/mol. The van der Waals surface area contributed by atoms with Crippen molar-refractivity contribution in [1.82, 2.24) is 0 Å². The van der Waals surface area contributed by atoms with Crippen LogP contribution < -0.4 is 10.6 Å². The molecule has 0 atom stereocenters. The van der Waals surface area contributed by atoms with E-state index in [9.17, 15) is 0 Å². The molecule has 3 rings (SSSR count). The van der Waals surface area contributed by atoms with E-state index in [0.717, 1.165) is 17.8 Å². The molecule has 0 amide bonds. The Bertz CT molecular complexity index is 399. The first-order chi connectivity index (χ1) is 9.84. The second-order valence-corrected chi connectivity index (χ2v) is 6.59. The third-order valence-electron chi connectivity index (χ3n) is 5.10. The zero-order chi connectivity index (χ0) is 13.8. The summed E-state index contributed by atoms with van der Waals surface area (Å²) in [7, 11) is 0. The minimum atomic E-state index is 0.744. The quantitative estimate of drug-likeness (QED) is 0.805. The molecule has 0 bridgehead atoms. The van der Waals surface area contributed by atoms with Crippen LogP contribution in [0.15, 0.2) is 24.3 Å². The summed E-state index contributed by atoms with van der Waals surface area (Å²) in [6.07, 6.45) is 13.9. The fourth-order valence-electron chi connectivity index (χ4n) is 4.12. The van der Waals surface area contributed by atoms with Crippen molar-refractivity contribution in [3.63, 3.8) is 0 Å². The molecule has 2 saturated carbocycles. The molecule has 0 unspecified atom stereocenters. The summed E-state index contributed by atoms with van der Waals surface area (Å²) >= 11 is 0. The molecule has 20 heavy (non-hydrogen) atoms. The van der Waals surface area contributed by atoms with Crippen LogP contribution in [0.3, 0.4) is 0 Å². The van der Waals surface area contributed by atoms with Crippen molar-refractivity contribution in [2.75, 3.05) is 10.6 Å². The lowest BCUT2D eigenvalue weighted by molar-refractivity contribution is 0.340. The van der Waals surface area contributed by atoms with E-state index >= 15 is 0 Å². The van der Waals surface area contributed by atoms with Crippen LogP contribution in [0, 0.1) is 0 Å². The number of anilines is 2. The molecule has 0 aliphatic heterocycles. The molecular weight excluding hydrogens is 244 g/mol. The Kier molecular flexibility index (Phi) is 4.49. The largest absolute Gasteiger partial charge is 0.399 e. The van der Waals surface area contributed by atoms with E-state index in [1.807, 2.05) is 6.07 Å². The van der Waals surface area contributed by atoms with E-state index in [1.165, 1.54) is 69.9 Å². The first-order valence-corrected chi connectivity index (χ1v) is 8.48. The van der Waals surface area contributed by atoms with E-state index < -0.39 is 0 Å². The van der Waals surface area contributed by atoms with Crippen LogP contribution in [0.5, 0.6) is 0 Å². The fourth-order valence-corrected chi connectivity index (χ4v) is 4.12. The first-order valence-electron chi connectivity index (χ1n) is 8.48. The van der Waals surface area contributed by atoms with Crippen molar-refractivity contribution in [1.29, 1.82) is 0 Å². The Morgan fingerprint density at radius 1 is 0.800 bits per heavy atom. The summed E-state index contributed by atoms with van der Waals surface area (Å²) in [4.78, 5) is 2.74. The minimum Gasteiger partial charge on any atom is -0.399 e. The van der Waals surface area contributed by atoms with Gasteiger partial charge in [0.1, 0.15) is 0 Å². The molecule has 2 heteroatoms. The molecule has 2 aliphatic rings. The molecule has 1 aromatic rings. The van der Waals surface area contributed by atoms with Crippen molar-refractivity contribution in [2.45, 2.75) is 76.3 Å². The predicted molar refractivity (Wildman–Crippen MR) is 87.1 cm³/mol. The highest BCUT2D eigenvalue weighted by atomic mass is 15.2. The molecule has 2 nitrogen and oxygen atoms in total. The monoisotopic (exact) mass is 272 g/mol. The number of benzene rings is 1. The maximum Gasteiger partial charge on any atom is 0.0391 e. The van der Waals surface area contributed by atoms with Crippen LogP contribution in [-0.2, 0) is 0 Å². The van der Waals surface area contributed by atoms with Crippen LogP contribution in [0.2, 0.25) is 0 Å². The van der Waals surface area contributed by atoms with Gasteiger partial charge in [-0.2, -0.15) is 0 Å². The van der Waals surface area contributed by atoms with E-state index in [4.69, 9.17) is 5.73 Å². The van der Waals surface area contributed by atoms with E-state index in [1.54, 1.807) is 0 Å². The van der Waals surface area contributed by atoms with Gasteiger partial charge in [-0.3, -0.25) is 0 Å². The predicted octanol–water partition coefficient (Wildman–Crippen LogP) is 4.74. The number of nitrogen functional groups attached to an aromatic ring is 1. The SMILES string of the molecule is Nc1cccc(N(C2CCCCC2)C2CCCCC2)c1. The summed E-state index contributed by atoms with van der Waals surface area (Å²) in [5.74, 6) is 0. The van der Waals surface area contributed by atoms with Gasteiger partial charge in [-0.05, 0) is 43.9 Å². The zero-order valence-electron chi connectivity index (χ0n) is 12.6. The standard InChI is InChI=1S/C18H28N2/c19-15-8-7-13-18(14-15)20(16-9-3-1-4-10-16)17-11-5-2-6-12-17/h7-8,13-14,16-17H,1-6,9-12,19H2. The highest BCUT2D eigenvalue weighted by Crippen LogP contribution is 2.34. The second kappa shape index (κ2) is 6.51. The normalized spacial score (nSPS) is 21.8. The number of rotatable bonds is 3. The van der Waals surface area contributed by atoms with Crippen LogP contribution in [0.1, 0.15) is 64.2 Å². The molecule has 2 N–H and O–H groups in total. The molecule has 110 valence electrons. The third-order valence-corrected chi connectivity index (χ3v) is 5.10. The van der Waals surface area contributed by atoms with Crippen LogP contribution >= 0.6 is 0 Å². The average Bonchev–Trinajstić information content (AvgIpc) is 2.50. The van der Waals surface area contributed by atoms with E-state index in [0.29, 0.717) is 0 Å². The van der Waals surface area contributed by atoms with Gasteiger partial charge in [-0.1, -0.05) is 44.6 Å².